The van der Waals surface area contributed by atoms with Gasteiger partial charge in [-0.1, -0.05) is 36.4 Å². The molecule has 19 heavy (non-hydrogen) atoms. The number of hydrogen-bond acceptors (Lipinski definition) is 2. The molecule has 1 aromatic carbocycles. The quantitative estimate of drug-likeness (QED) is 0.832. The van der Waals surface area contributed by atoms with E-state index in [4.69, 9.17) is 4.74 Å². The number of hydrogen-bond donors (Lipinski definition) is 1. The van der Waals surface area contributed by atoms with E-state index in [0.29, 0.717) is 6.42 Å². The van der Waals surface area contributed by atoms with Gasteiger partial charge in [-0.25, -0.2) is 4.79 Å². The van der Waals surface area contributed by atoms with E-state index in [0.717, 1.165) is 5.56 Å². The van der Waals surface area contributed by atoms with E-state index in [2.05, 4.69) is 11.9 Å². The molecule has 1 N–H and O–H groups in total. The average molecular weight is 261 g/mol. The fourth-order valence-corrected chi connectivity index (χ4v) is 1.86. The van der Waals surface area contributed by atoms with E-state index in [1.54, 1.807) is 6.08 Å². The predicted molar refractivity (Wildman–Crippen MR) is 78.0 cm³/mol. The zero-order chi connectivity index (χ0) is 14.5. The van der Waals surface area contributed by atoms with Gasteiger partial charge in [0.2, 0.25) is 0 Å². The maximum absolute atomic E-state index is 12.0. The van der Waals surface area contributed by atoms with E-state index >= 15 is 0 Å². The molecular formula is C16H23NO2. The molecule has 0 saturated carbocycles. The molecule has 0 heterocycles. The molecule has 0 bridgehead atoms. The summed E-state index contributed by atoms with van der Waals surface area (Å²) < 4.78 is 5.32. The highest BCUT2D eigenvalue weighted by molar-refractivity contribution is 5.69. The molecule has 0 aliphatic heterocycles. The summed E-state index contributed by atoms with van der Waals surface area (Å²) in [5.74, 6) is 0. The normalized spacial score (nSPS) is 14.3. The summed E-state index contributed by atoms with van der Waals surface area (Å²) in [7, 11) is 0. The van der Waals surface area contributed by atoms with E-state index in [9.17, 15) is 4.79 Å². The smallest absolute Gasteiger partial charge is 0.408 e. The van der Waals surface area contributed by atoms with E-state index in [-0.39, 0.29) is 0 Å². The minimum absolute atomic E-state index is 0.416. The molecule has 1 aromatic rings. The van der Waals surface area contributed by atoms with Gasteiger partial charge in [0.15, 0.2) is 0 Å². The van der Waals surface area contributed by atoms with Crippen LogP contribution in [0.25, 0.3) is 0 Å². The standard InChI is InChI=1S/C16H23NO2/c1-6-12-16(5,13-10-8-7-9-11-13)17-14(18)19-15(2,3)4/h6-11H,1,12H2,2-5H3,(H,17,18). The first kappa shape index (κ1) is 15.3. The SMILES string of the molecule is C=CCC(C)(NC(=O)OC(C)(C)C)c1ccccc1. The van der Waals surface area contributed by atoms with Crippen LogP contribution in [0.2, 0.25) is 0 Å². The highest BCUT2D eigenvalue weighted by Gasteiger charge is 2.29. The van der Waals surface area contributed by atoms with Crippen LogP contribution >= 0.6 is 0 Å². The molecule has 1 amide bonds. The van der Waals surface area contributed by atoms with Crippen molar-refractivity contribution in [1.82, 2.24) is 5.32 Å². The summed E-state index contributed by atoms with van der Waals surface area (Å²) in [4.78, 5) is 12.0. The van der Waals surface area contributed by atoms with Crippen LogP contribution in [-0.2, 0) is 10.3 Å². The Hall–Kier alpha value is -1.77. The minimum Gasteiger partial charge on any atom is -0.444 e. The summed E-state index contributed by atoms with van der Waals surface area (Å²) in [5, 5.41) is 2.93. The number of carbonyl (C=O) groups excluding carboxylic acids is 1. The van der Waals surface area contributed by atoms with Gasteiger partial charge < -0.3 is 10.1 Å². The van der Waals surface area contributed by atoms with Gasteiger partial charge in [-0.2, -0.15) is 0 Å². The first-order valence-corrected chi connectivity index (χ1v) is 6.44. The second kappa shape index (κ2) is 5.91. The van der Waals surface area contributed by atoms with Crippen molar-refractivity contribution in [1.29, 1.82) is 0 Å². The number of rotatable bonds is 4. The molecule has 0 aliphatic rings. The van der Waals surface area contributed by atoms with Crippen molar-refractivity contribution in [3.05, 3.63) is 48.6 Å². The summed E-state index contributed by atoms with van der Waals surface area (Å²) in [6, 6.07) is 9.83. The van der Waals surface area contributed by atoms with Crippen LogP contribution in [0, 0.1) is 0 Å². The molecule has 104 valence electrons. The number of amides is 1. The fraction of sp³-hybridized carbons (Fsp3) is 0.438. The summed E-state index contributed by atoms with van der Waals surface area (Å²) in [6.45, 7) is 11.3. The van der Waals surface area contributed by atoms with Crippen molar-refractivity contribution >= 4 is 6.09 Å². The Morgan fingerprint density at radius 3 is 2.32 bits per heavy atom. The first-order chi connectivity index (χ1) is 8.77. The zero-order valence-corrected chi connectivity index (χ0v) is 12.2. The molecule has 0 aliphatic carbocycles. The van der Waals surface area contributed by atoms with E-state index in [1.165, 1.54) is 0 Å². The van der Waals surface area contributed by atoms with Crippen LogP contribution in [0.3, 0.4) is 0 Å². The molecule has 3 heteroatoms. The Labute approximate surface area is 115 Å². The number of nitrogens with one attached hydrogen (secondary N) is 1. The monoisotopic (exact) mass is 261 g/mol. The van der Waals surface area contributed by atoms with Crippen LogP contribution in [0.1, 0.15) is 39.7 Å². The molecule has 0 fully saturated rings. The molecule has 1 unspecified atom stereocenters. The molecule has 0 saturated heterocycles. The van der Waals surface area contributed by atoms with Gasteiger partial charge >= 0.3 is 6.09 Å². The van der Waals surface area contributed by atoms with Crippen molar-refractivity contribution in [3.63, 3.8) is 0 Å². The zero-order valence-electron chi connectivity index (χ0n) is 12.2. The maximum atomic E-state index is 12.0. The van der Waals surface area contributed by atoms with Crippen molar-refractivity contribution in [2.24, 2.45) is 0 Å². The third-order valence-electron chi connectivity index (χ3n) is 2.74. The van der Waals surface area contributed by atoms with Gasteiger partial charge in [0.05, 0.1) is 5.54 Å². The Kier molecular flexibility index (Phi) is 4.76. The lowest BCUT2D eigenvalue weighted by Gasteiger charge is -2.31. The Morgan fingerprint density at radius 2 is 1.84 bits per heavy atom. The third-order valence-corrected chi connectivity index (χ3v) is 2.74. The van der Waals surface area contributed by atoms with Crippen molar-refractivity contribution in [3.8, 4) is 0 Å². The lowest BCUT2D eigenvalue weighted by molar-refractivity contribution is 0.0462. The van der Waals surface area contributed by atoms with Gasteiger partial charge in [0.1, 0.15) is 5.60 Å². The lowest BCUT2D eigenvalue weighted by atomic mass is 9.89. The summed E-state index contributed by atoms with van der Waals surface area (Å²) >= 11 is 0. The van der Waals surface area contributed by atoms with Crippen molar-refractivity contribution in [2.75, 3.05) is 0 Å². The highest BCUT2D eigenvalue weighted by Crippen LogP contribution is 2.25. The number of benzene rings is 1. The Balaban J connectivity index is 2.89. The van der Waals surface area contributed by atoms with Gasteiger partial charge in [0, 0.05) is 0 Å². The average Bonchev–Trinajstić information content (AvgIpc) is 2.27. The topological polar surface area (TPSA) is 38.3 Å². The van der Waals surface area contributed by atoms with E-state index < -0.39 is 17.2 Å². The first-order valence-electron chi connectivity index (χ1n) is 6.44. The van der Waals surface area contributed by atoms with Crippen molar-refractivity contribution < 1.29 is 9.53 Å². The second-order valence-corrected chi connectivity index (χ2v) is 5.82. The third kappa shape index (κ3) is 4.78. The molecule has 0 aromatic heterocycles. The van der Waals surface area contributed by atoms with Crippen molar-refractivity contribution in [2.45, 2.75) is 45.3 Å². The van der Waals surface area contributed by atoms with Crippen LogP contribution in [0.15, 0.2) is 43.0 Å². The molecule has 1 atom stereocenters. The van der Waals surface area contributed by atoms with Crippen LogP contribution in [0.4, 0.5) is 4.79 Å². The summed E-state index contributed by atoms with van der Waals surface area (Å²) in [5.41, 5.74) is 0.0158. The summed E-state index contributed by atoms with van der Waals surface area (Å²) in [6.07, 6.45) is 2.02. The Bertz CT molecular complexity index is 434. The molecule has 1 rings (SSSR count). The molecule has 3 nitrogen and oxygen atoms in total. The van der Waals surface area contributed by atoms with Gasteiger partial charge in [-0.15, -0.1) is 6.58 Å². The van der Waals surface area contributed by atoms with Gasteiger partial charge in [0.25, 0.3) is 0 Å². The molecular weight excluding hydrogens is 238 g/mol. The van der Waals surface area contributed by atoms with Crippen LogP contribution in [-0.4, -0.2) is 11.7 Å². The van der Waals surface area contributed by atoms with Crippen LogP contribution in [0.5, 0.6) is 0 Å². The lowest BCUT2D eigenvalue weighted by Crippen LogP contribution is -2.45. The highest BCUT2D eigenvalue weighted by atomic mass is 16.6. The minimum atomic E-state index is -0.509. The van der Waals surface area contributed by atoms with Crippen LogP contribution < -0.4 is 5.32 Å². The van der Waals surface area contributed by atoms with Gasteiger partial charge in [-0.05, 0) is 39.7 Å². The molecule has 0 radical (unpaired) electrons. The maximum Gasteiger partial charge on any atom is 0.408 e. The second-order valence-electron chi connectivity index (χ2n) is 5.82. The largest absolute Gasteiger partial charge is 0.444 e. The fourth-order valence-electron chi connectivity index (χ4n) is 1.86. The number of carbonyl (C=O) groups is 1. The number of alkyl carbamates (subject to hydrolysis) is 1. The molecule has 0 spiro atoms. The number of ether oxygens (including phenoxy) is 1. The predicted octanol–water partition coefficient (Wildman–Crippen LogP) is 4.00. The van der Waals surface area contributed by atoms with E-state index in [1.807, 2.05) is 58.0 Å². The Morgan fingerprint density at radius 1 is 1.26 bits per heavy atom. The van der Waals surface area contributed by atoms with Gasteiger partial charge in [-0.3, -0.25) is 0 Å².